The van der Waals surface area contributed by atoms with E-state index in [-0.39, 0.29) is 53.1 Å². The van der Waals surface area contributed by atoms with Crippen molar-refractivity contribution in [2.24, 2.45) is 0 Å². The van der Waals surface area contributed by atoms with Crippen LogP contribution in [0.4, 0.5) is 4.39 Å². The zero-order valence-corrected chi connectivity index (χ0v) is 10.4. The number of carbonyl (C=O) groups is 1. The first kappa shape index (κ1) is 13.3. The Hall–Kier alpha value is -0.755. The second-order valence-electron chi connectivity index (χ2n) is 2.92. The molecule has 2 rings (SSSR count). The first-order chi connectivity index (χ1) is 7.09. The number of hydrogen-bond donors (Lipinski definition) is 1. The number of aromatic carboxylic acids is 1. The zero-order chi connectivity index (χ0) is 11.0. The normalized spacial score (nSPS) is 13.0. The van der Waals surface area contributed by atoms with Gasteiger partial charge in [-0.1, -0.05) is 0 Å². The standard InChI is InChI=1S/C8H6BFO5.Na/c10-5-2-1-4(8(11)12)6-7(5)14-3-9(13)15-6;/h1-2,13H,3H2,(H,11,12);/q;+1/p-1. The fourth-order valence-corrected chi connectivity index (χ4v) is 1.28. The van der Waals surface area contributed by atoms with E-state index in [0.29, 0.717) is 0 Å². The van der Waals surface area contributed by atoms with Gasteiger partial charge in [0.25, 0.3) is 0 Å². The van der Waals surface area contributed by atoms with Crippen molar-refractivity contribution in [1.29, 1.82) is 0 Å². The van der Waals surface area contributed by atoms with Gasteiger partial charge in [0.15, 0.2) is 17.3 Å². The Bertz CT molecular complexity index is 427. The molecule has 8 heteroatoms. The van der Waals surface area contributed by atoms with Crippen LogP contribution in [0.3, 0.4) is 0 Å². The van der Waals surface area contributed by atoms with Gasteiger partial charge in [0.1, 0.15) is 6.51 Å². The topological polar surface area (TPSA) is 78.8 Å². The van der Waals surface area contributed by atoms with Crippen LogP contribution in [0.1, 0.15) is 10.4 Å². The van der Waals surface area contributed by atoms with Gasteiger partial charge in [-0.2, -0.15) is 0 Å². The summed E-state index contributed by atoms with van der Waals surface area (Å²) in [6.07, 6.45) is 0. The minimum atomic E-state index is -1.52. The van der Waals surface area contributed by atoms with E-state index >= 15 is 0 Å². The number of halogens is 1. The molecule has 0 amide bonds. The number of rotatable bonds is 1. The van der Waals surface area contributed by atoms with Gasteiger partial charge in [0.05, 0.1) is 5.97 Å². The van der Waals surface area contributed by atoms with E-state index in [1.807, 2.05) is 0 Å². The Morgan fingerprint density at radius 2 is 2.19 bits per heavy atom. The molecule has 0 spiro atoms. The number of hydrogen-bond acceptors (Lipinski definition) is 5. The number of benzene rings is 1. The smallest absolute Gasteiger partial charge is 0.545 e. The first-order valence-corrected chi connectivity index (χ1v) is 4.11. The minimum absolute atomic E-state index is 0. The van der Waals surface area contributed by atoms with Crippen molar-refractivity contribution in [3.63, 3.8) is 0 Å². The molecule has 0 saturated heterocycles. The van der Waals surface area contributed by atoms with Crippen LogP contribution in [0, 0.1) is 5.82 Å². The Labute approximate surface area is 113 Å². The van der Waals surface area contributed by atoms with Crippen molar-refractivity contribution >= 4 is 13.1 Å². The summed E-state index contributed by atoms with van der Waals surface area (Å²) in [6, 6.07) is 1.93. The van der Waals surface area contributed by atoms with Crippen LogP contribution in [-0.2, 0) is 0 Å². The number of ether oxygens (including phenoxy) is 1. The quantitative estimate of drug-likeness (QED) is 0.501. The summed E-state index contributed by atoms with van der Waals surface area (Å²) in [5.74, 6) is -2.93. The van der Waals surface area contributed by atoms with Gasteiger partial charge < -0.3 is 24.3 Å². The monoisotopic (exact) mass is 234 g/mol. The molecule has 0 aliphatic carbocycles. The summed E-state index contributed by atoms with van der Waals surface area (Å²) >= 11 is 0. The van der Waals surface area contributed by atoms with Crippen LogP contribution in [0.5, 0.6) is 11.5 Å². The average molecular weight is 234 g/mol. The van der Waals surface area contributed by atoms with Gasteiger partial charge in [0, 0.05) is 5.56 Å². The predicted molar refractivity (Wildman–Crippen MR) is 44.8 cm³/mol. The molecule has 0 aromatic heterocycles. The average Bonchev–Trinajstić information content (AvgIpc) is 2.17. The van der Waals surface area contributed by atoms with Gasteiger partial charge in [-0.15, -0.1) is 0 Å². The third kappa shape index (κ3) is 2.32. The Kier molecular flexibility index (Phi) is 4.20. The fourth-order valence-electron chi connectivity index (χ4n) is 1.28. The van der Waals surface area contributed by atoms with Crippen LogP contribution in [0.25, 0.3) is 0 Å². The summed E-state index contributed by atoms with van der Waals surface area (Å²) in [5, 5.41) is 19.7. The number of fused-ring (bicyclic) bond motifs is 1. The Morgan fingerprint density at radius 1 is 1.50 bits per heavy atom. The van der Waals surface area contributed by atoms with Crippen molar-refractivity contribution < 1.29 is 58.3 Å². The van der Waals surface area contributed by atoms with Crippen LogP contribution in [0.15, 0.2) is 12.1 Å². The molecule has 1 N–H and O–H groups in total. The Morgan fingerprint density at radius 3 is 2.81 bits per heavy atom. The fraction of sp³-hybridized carbons (Fsp3) is 0.125. The number of carbonyl (C=O) groups excluding carboxylic acids is 1. The van der Waals surface area contributed by atoms with Crippen LogP contribution < -0.4 is 44.1 Å². The maximum absolute atomic E-state index is 13.1. The third-order valence-corrected chi connectivity index (χ3v) is 1.91. The molecule has 0 saturated carbocycles. The van der Waals surface area contributed by atoms with E-state index in [2.05, 4.69) is 0 Å². The van der Waals surface area contributed by atoms with E-state index in [9.17, 15) is 14.3 Å². The molecule has 1 aliphatic rings. The summed E-state index contributed by atoms with van der Waals surface area (Å²) in [7, 11) is -1.31. The van der Waals surface area contributed by atoms with Gasteiger partial charge in [0.2, 0.25) is 0 Å². The maximum atomic E-state index is 13.1. The van der Waals surface area contributed by atoms with Crippen molar-refractivity contribution in [3.05, 3.63) is 23.5 Å². The SMILES string of the molecule is O=C([O-])c1ccc(F)c2c1OB(O)CO2.[Na+]. The minimum Gasteiger partial charge on any atom is -0.545 e. The molecule has 0 unspecified atom stereocenters. The van der Waals surface area contributed by atoms with Crippen molar-refractivity contribution in [2.45, 2.75) is 0 Å². The van der Waals surface area contributed by atoms with Crippen LogP contribution in [0.2, 0.25) is 0 Å². The van der Waals surface area contributed by atoms with Crippen LogP contribution in [-0.4, -0.2) is 24.6 Å². The molecule has 16 heavy (non-hydrogen) atoms. The van der Waals surface area contributed by atoms with E-state index in [1.165, 1.54) is 0 Å². The first-order valence-electron chi connectivity index (χ1n) is 4.11. The molecule has 0 fully saturated rings. The molecule has 78 valence electrons. The van der Waals surface area contributed by atoms with E-state index < -0.39 is 18.9 Å². The summed E-state index contributed by atoms with van der Waals surface area (Å²) in [4.78, 5) is 10.6. The molecule has 1 aromatic carbocycles. The largest absolute Gasteiger partial charge is 1.00 e. The van der Waals surface area contributed by atoms with Gasteiger partial charge >= 0.3 is 36.7 Å². The molecule has 1 heterocycles. The van der Waals surface area contributed by atoms with Crippen molar-refractivity contribution in [2.75, 3.05) is 6.51 Å². The van der Waals surface area contributed by atoms with E-state index in [1.54, 1.807) is 0 Å². The molecule has 1 aromatic rings. The van der Waals surface area contributed by atoms with Crippen molar-refractivity contribution in [1.82, 2.24) is 0 Å². The summed E-state index contributed by atoms with van der Waals surface area (Å²) in [6.45, 7) is -0.250. The van der Waals surface area contributed by atoms with E-state index in [0.717, 1.165) is 12.1 Å². The second kappa shape index (κ2) is 5.05. The van der Waals surface area contributed by atoms with Gasteiger partial charge in [-0.05, 0) is 12.1 Å². The van der Waals surface area contributed by atoms with Gasteiger partial charge in [-0.3, -0.25) is 0 Å². The molecular weight excluding hydrogens is 229 g/mol. The third-order valence-electron chi connectivity index (χ3n) is 1.91. The molecule has 0 atom stereocenters. The Balaban J connectivity index is 0.00000128. The maximum Gasteiger partial charge on any atom is 1.00 e. The molecule has 0 radical (unpaired) electrons. The number of carboxylic acid groups (broad SMARTS) is 1. The zero-order valence-electron chi connectivity index (χ0n) is 8.40. The van der Waals surface area contributed by atoms with Crippen molar-refractivity contribution in [3.8, 4) is 11.5 Å². The molecule has 5 nitrogen and oxygen atoms in total. The predicted octanol–water partition coefficient (Wildman–Crippen LogP) is -4.02. The molecule has 0 bridgehead atoms. The number of carboxylic acids is 1. The summed E-state index contributed by atoms with van der Waals surface area (Å²) in [5.41, 5.74) is -0.356. The van der Waals surface area contributed by atoms with Gasteiger partial charge in [-0.25, -0.2) is 4.39 Å². The summed E-state index contributed by atoms with van der Waals surface area (Å²) < 4.78 is 22.7. The van der Waals surface area contributed by atoms with E-state index in [4.69, 9.17) is 14.4 Å². The molecular formula is C8H5BFNaO5. The van der Waals surface area contributed by atoms with Crippen LogP contribution >= 0.6 is 0 Å². The molecule has 1 aliphatic heterocycles. The second-order valence-corrected chi connectivity index (χ2v) is 2.92.